The Balaban J connectivity index is 2.38. The molecule has 1 aromatic rings. The molecule has 3 amide bonds. The van der Waals surface area contributed by atoms with Crippen molar-refractivity contribution in [3.8, 4) is 5.75 Å². The number of carbonyl (C=O) groups excluding carboxylic acids is 3. The Morgan fingerprint density at radius 2 is 1.68 bits per heavy atom. The average Bonchev–Trinajstić information content (AvgIpc) is 2.68. The summed E-state index contributed by atoms with van der Waals surface area (Å²) in [6, 6.07) is 5.89. The molecule has 0 aromatic heterocycles. The second kappa shape index (κ2) is 13.6. The predicted molar refractivity (Wildman–Crippen MR) is 109 cm³/mol. The van der Waals surface area contributed by atoms with Crippen LogP contribution in [-0.4, -0.2) is 42.5 Å². The Hall–Kier alpha value is -2.57. The van der Waals surface area contributed by atoms with Crippen LogP contribution in [0, 0.1) is 0 Å². The number of amides is 3. The molecule has 4 N–H and O–H groups in total. The molecule has 28 heavy (non-hydrogen) atoms. The van der Waals surface area contributed by atoms with Gasteiger partial charge in [-0.1, -0.05) is 44.7 Å². The van der Waals surface area contributed by atoms with E-state index in [4.69, 9.17) is 0 Å². The van der Waals surface area contributed by atoms with Crippen LogP contribution in [0.5, 0.6) is 5.75 Å². The minimum atomic E-state index is -0.873. The fourth-order valence-corrected chi connectivity index (χ4v) is 2.81. The summed E-state index contributed by atoms with van der Waals surface area (Å²) >= 11 is 0. The molecule has 0 heterocycles. The van der Waals surface area contributed by atoms with E-state index in [9.17, 15) is 19.5 Å². The van der Waals surface area contributed by atoms with Crippen LogP contribution in [0.4, 0.5) is 0 Å². The van der Waals surface area contributed by atoms with Crippen LogP contribution in [-0.2, 0) is 20.8 Å². The molecule has 0 radical (unpaired) electrons. The van der Waals surface area contributed by atoms with Gasteiger partial charge in [-0.05, 0) is 30.5 Å². The number of nitrogens with one attached hydrogen (secondary N) is 3. The third-order valence-electron chi connectivity index (χ3n) is 4.47. The molecule has 0 spiro atoms. The van der Waals surface area contributed by atoms with Crippen molar-refractivity contribution in [3.63, 3.8) is 0 Å². The Kier molecular flexibility index (Phi) is 11.4. The molecule has 0 aliphatic rings. The van der Waals surface area contributed by atoms with Gasteiger partial charge in [0.15, 0.2) is 0 Å². The van der Waals surface area contributed by atoms with Crippen LogP contribution in [0.15, 0.2) is 24.3 Å². The standard InChI is InChI=1S/C21H33N3O4/c1-3-4-5-6-7-8-19(26)24-18(21(28)22-2)15-20(27)23-14-13-16-9-11-17(25)12-10-16/h9-12,18,25H,3-8,13-15H2,1-2H3,(H,22,28)(H,23,27)(H,24,26). The normalized spacial score (nSPS) is 11.5. The van der Waals surface area contributed by atoms with Gasteiger partial charge in [0.2, 0.25) is 17.7 Å². The molecule has 0 saturated heterocycles. The Morgan fingerprint density at radius 1 is 1.00 bits per heavy atom. The zero-order chi connectivity index (χ0) is 20.8. The van der Waals surface area contributed by atoms with Crippen molar-refractivity contribution in [1.82, 2.24) is 16.0 Å². The van der Waals surface area contributed by atoms with E-state index >= 15 is 0 Å². The molecule has 0 bridgehead atoms. The summed E-state index contributed by atoms with van der Waals surface area (Å²) in [5.74, 6) is -0.687. The lowest BCUT2D eigenvalue weighted by molar-refractivity contribution is -0.131. The maximum atomic E-state index is 12.1. The van der Waals surface area contributed by atoms with Crippen LogP contribution in [0.1, 0.15) is 57.4 Å². The van der Waals surface area contributed by atoms with Crippen molar-refractivity contribution < 1.29 is 19.5 Å². The van der Waals surface area contributed by atoms with Gasteiger partial charge in [-0.25, -0.2) is 0 Å². The maximum absolute atomic E-state index is 12.1. The summed E-state index contributed by atoms with van der Waals surface area (Å²) in [6.07, 6.45) is 6.05. The number of hydrogen-bond donors (Lipinski definition) is 4. The van der Waals surface area contributed by atoms with Crippen LogP contribution in [0.2, 0.25) is 0 Å². The van der Waals surface area contributed by atoms with Crippen molar-refractivity contribution in [2.75, 3.05) is 13.6 Å². The minimum absolute atomic E-state index is 0.100. The van der Waals surface area contributed by atoms with Crippen LogP contribution < -0.4 is 16.0 Å². The van der Waals surface area contributed by atoms with E-state index in [-0.39, 0.29) is 29.9 Å². The summed E-state index contributed by atoms with van der Waals surface area (Å²) in [5.41, 5.74) is 0.984. The number of unbranched alkanes of at least 4 members (excludes halogenated alkanes) is 4. The maximum Gasteiger partial charge on any atom is 0.242 e. The molecule has 0 saturated carbocycles. The van der Waals surface area contributed by atoms with Gasteiger partial charge < -0.3 is 21.1 Å². The third kappa shape index (κ3) is 9.94. The largest absolute Gasteiger partial charge is 0.508 e. The molecule has 7 heteroatoms. The van der Waals surface area contributed by atoms with Crippen LogP contribution in [0.25, 0.3) is 0 Å². The summed E-state index contributed by atoms with van der Waals surface area (Å²) in [7, 11) is 1.48. The van der Waals surface area contributed by atoms with Crippen LogP contribution in [0.3, 0.4) is 0 Å². The van der Waals surface area contributed by atoms with Gasteiger partial charge >= 0.3 is 0 Å². The van der Waals surface area contributed by atoms with Gasteiger partial charge in [0, 0.05) is 20.0 Å². The first kappa shape index (κ1) is 23.5. The summed E-state index contributed by atoms with van der Waals surface area (Å²) in [6.45, 7) is 2.55. The zero-order valence-corrected chi connectivity index (χ0v) is 16.9. The van der Waals surface area contributed by atoms with E-state index in [1.54, 1.807) is 24.3 Å². The highest BCUT2D eigenvalue weighted by atomic mass is 16.3. The number of hydrogen-bond acceptors (Lipinski definition) is 4. The number of benzene rings is 1. The van der Waals surface area contributed by atoms with Crippen molar-refractivity contribution in [1.29, 1.82) is 0 Å². The highest BCUT2D eigenvalue weighted by Crippen LogP contribution is 2.09. The smallest absolute Gasteiger partial charge is 0.242 e. The number of likely N-dealkylation sites (N-methyl/N-ethyl adjacent to an activating group) is 1. The third-order valence-corrected chi connectivity index (χ3v) is 4.47. The number of phenols is 1. The first-order chi connectivity index (χ1) is 13.5. The van der Waals surface area contributed by atoms with Crippen molar-refractivity contribution in [2.24, 2.45) is 0 Å². The van der Waals surface area contributed by atoms with Crippen LogP contribution >= 0.6 is 0 Å². The highest BCUT2D eigenvalue weighted by Gasteiger charge is 2.22. The fraction of sp³-hybridized carbons (Fsp3) is 0.571. The topological polar surface area (TPSA) is 108 Å². The first-order valence-corrected chi connectivity index (χ1v) is 10.0. The molecule has 1 unspecified atom stereocenters. The average molecular weight is 392 g/mol. The van der Waals surface area contributed by atoms with Gasteiger partial charge in [-0.15, -0.1) is 0 Å². The molecular formula is C21H33N3O4. The number of carbonyl (C=O) groups is 3. The monoisotopic (exact) mass is 391 g/mol. The zero-order valence-electron chi connectivity index (χ0n) is 16.9. The SMILES string of the molecule is CCCCCCCC(=O)NC(CC(=O)NCCc1ccc(O)cc1)C(=O)NC. The minimum Gasteiger partial charge on any atom is -0.508 e. The predicted octanol–water partition coefficient (Wildman–Crippen LogP) is 2.03. The fourth-order valence-electron chi connectivity index (χ4n) is 2.81. The van der Waals surface area contributed by atoms with Gasteiger partial charge in [-0.3, -0.25) is 14.4 Å². The van der Waals surface area contributed by atoms with E-state index in [1.165, 1.54) is 7.05 Å². The van der Waals surface area contributed by atoms with Crippen molar-refractivity contribution in [2.45, 2.75) is 64.3 Å². The Morgan fingerprint density at radius 3 is 2.32 bits per heavy atom. The van der Waals surface area contributed by atoms with Gasteiger partial charge in [0.05, 0.1) is 6.42 Å². The first-order valence-electron chi connectivity index (χ1n) is 10.0. The molecule has 0 fully saturated rings. The highest BCUT2D eigenvalue weighted by molar-refractivity contribution is 5.91. The molecule has 0 aliphatic carbocycles. The second-order valence-electron chi connectivity index (χ2n) is 6.87. The van der Waals surface area contributed by atoms with E-state index < -0.39 is 6.04 Å². The van der Waals surface area contributed by atoms with Gasteiger partial charge in [0.1, 0.15) is 11.8 Å². The lowest BCUT2D eigenvalue weighted by Crippen LogP contribution is -2.48. The van der Waals surface area contributed by atoms with E-state index in [0.29, 0.717) is 19.4 Å². The lowest BCUT2D eigenvalue weighted by Gasteiger charge is -2.17. The van der Waals surface area contributed by atoms with E-state index in [0.717, 1.165) is 37.7 Å². The van der Waals surface area contributed by atoms with Gasteiger partial charge in [-0.2, -0.15) is 0 Å². The second-order valence-corrected chi connectivity index (χ2v) is 6.87. The van der Waals surface area contributed by atoms with Gasteiger partial charge in [0.25, 0.3) is 0 Å². The summed E-state index contributed by atoms with van der Waals surface area (Å²) in [5, 5.41) is 17.2. The van der Waals surface area contributed by atoms with Crippen molar-refractivity contribution >= 4 is 17.7 Å². The Labute approximate surface area is 167 Å². The number of aromatic hydroxyl groups is 1. The van der Waals surface area contributed by atoms with E-state index in [1.807, 2.05) is 0 Å². The quantitative estimate of drug-likeness (QED) is 0.386. The number of rotatable bonds is 13. The summed E-state index contributed by atoms with van der Waals surface area (Å²) < 4.78 is 0. The molecule has 1 atom stereocenters. The number of phenolic OH excluding ortho intramolecular Hbond substituents is 1. The van der Waals surface area contributed by atoms with E-state index in [2.05, 4.69) is 22.9 Å². The molecule has 0 aliphatic heterocycles. The lowest BCUT2D eigenvalue weighted by atomic mass is 10.1. The summed E-state index contributed by atoms with van der Waals surface area (Å²) in [4.78, 5) is 36.2. The molecule has 1 aromatic carbocycles. The van der Waals surface area contributed by atoms with Crippen molar-refractivity contribution in [3.05, 3.63) is 29.8 Å². The molecular weight excluding hydrogens is 358 g/mol. The molecule has 1 rings (SSSR count). The Bertz CT molecular complexity index is 617. The molecule has 7 nitrogen and oxygen atoms in total. The molecule has 156 valence electrons.